The number of fused-ring (bicyclic) bond motifs is 1. The highest BCUT2D eigenvalue weighted by atomic mass is 79.9. The van der Waals surface area contributed by atoms with Crippen LogP contribution in [-0.2, 0) is 9.53 Å². The fourth-order valence-electron chi connectivity index (χ4n) is 4.34. The van der Waals surface area contributed by atoms with Crippen molar-refractivity contribution >= 4 is 44.7 Å². The summed E-state index contributed by atoms with van der Waals surface area (Å²) in [6.45, 7) is 3.06. The van der Waals surface area contributed by atoms with Crippen molar-refractivity contribution in [2.24, 2.45) is 5.10 Å². The number of aromatic nitrogens is 2. The number of nitro benzene ring substituents is 1. The third-order valence-electron chi connectivity index (χ3n) is 6.03. The van der Waals surface area contributed by atoms with Crippen LogP contribution >= 0.6 is 15.9 Å². The SMILES string of the molecule is CC(C)OC(=O)COc1ccc([N+](=O)[O-])cc1C=Nn1c(C2CCCCC2)nc2ccc(Br)cc2c1=O. The van der Waals surface area contributed by atoms with Gasteiger partial charge in [-0.3, -0.25) is 14.9 Å². The van der Waals surface area contributed by atoms with Crippen LogP contribution in [0.15, 0.2) is 50.8 Å². The van der Waals surface area contributed by atoms with Gasteiger partial charge in [-0.1, -0.05) is 35.2 Å². The van der Waals surface area contributed by atoms with E-state index >= 15 is 0 Å². The van der Waals surface area contributed by atoms with E-state index in [1.54, 1.807) is 26.0 Å². The average Bonchev–Trinajstić information content (AvgIpc) is 2.87. The molecule has 1 saturated carbocycles. The van der Waals surface area contributed by atoms with Crippen LogP contribution in [-0.4, -0.2) is 39.5 Å². The van der Waals surface area contributed by atoms with Crippen LogP contribution in [0.3, 0.4) is 0 Å². The molecule has 194 valence electrons. The van der Waals surface area contributed by atoms with Crippen molar-refractivity contribution < 1.29 is 19.2 Å². The van der Waals surface area contributed by atoms with Crippen molar-refractivity contribution in [3.8, 4) is 5.75 Å². The Morgan fingerprint density at radius 3 is 2.70 bits per heavy atom. The van der Waals surface area contributed by atoms with Gasteiger partial charge in [0, 0.05) is 28.1 Å². The Hall–Kier alpha value is -3.60. The first-order valence-corrected chi connectivity index (χ1v) is 12.9. The maximum absolute atomic E-state index is 13.5. The van der Waals surface area contributed by atoms with E-state index in [1.165, 1.54) is 29.1 Å². The highest BCUT2D eigenvalue weighted by molar-refractivity contribution is 9.10. The minimum absolute atomic E-state index is 0.0679. The number of rotatable bonds is 8. The van der Waals surface area contributed by atoms with E-state index in [0.717, 1.165) is 36.6 Å². The molecule has 1 fully saturated rings. The standard InChI is InChI=1S/C26H27BrN4O6/c1-16(2)37-24(32)15-36-23-11-9-20(31(34)35)12-18(23)14-28-30-25(17-6-4-3-5-7-17)29-22-10-8-19(27)13-21(22)26(30)33/h8-14,16-17H,3-7,15H2,1-2H3. The van der Waals surface area contributed by atoms with Gasteiger partial charge in [0.15, 0.2) is 6.61 Å². The number of carbonyl (C=O) groups excluding carboxylic acids is 1. The minimum atomic E-state index is -0.573. The molecule has 0 spiro atoms. The zero-order valence-electron chi connectivity index (χ0n) is 20.6. The number of esters is 1. The Kier molecular flexibility index (Phi) is 8.32. The number of benzene rings is 2. The number of hydrogen-bond acceptors (Lipinski definition) is 8. The number of nitro groups is 1. The molecule has 0 saturated heterocycles. The average molecular weight is 571 g/mol. The molecule has 1 heterocycles. The Bertz CT molecular complexity index is 1410. The molecule has 0 N–H and O–H groups in total. The smallest absolute Gasteiger partial charge is 0.344 e. The number of nitrogens with zero attached hydrogens (tertiary/aromatic N) is 4. The Morgan fingerprint density at radius 1 is 1.24 bits per heavy atom. The molecule has 0 aliphatic heterocycles. The maximum atomic E-state index is 13.5. The second-order valence-corrected chi connectivity index (χ2v) is 10.1. The summed E-state index contributed by atoms with van der Waals surface area (Å²) in [6.07, 6.45) is 6.03. The molecule has 1 aliphatic rings. The first-order valence-electron chi connectivity index (χ1n) is 12.1. The molecule has 1 aliphatic carbocycles. The fourth-order valence-corrected chi connectivity index (χ4v) is 4.70. The topological polar surface area (TPSA) is 126 Å². The number of ether oxygens (including phenoxy) is 2. The van der Waals surface area contributed by atoms with Crippen molar-refractivity contribution in [1.29, 1.82) is 0 Å². The van der Waals surface area contributed by atoms with Crippen LogP contribution in [0.25, 0.3) is 10.9 Å². The van der Waals surface area contributed by atoms with Crippen molar-refractivity contribution in [3.63, 3.8) is 0 Å². The van der Waals surface area contributed by atoms with Gasteiger partial charge in [0.2, 0.25) is 0 Å². The molecule has 37 heavy (non-hydrogen) atoms. The first kappa shape index (κ1) is 26.5. The van der Waals surface area contributed by atoms with Gasteiger partial charge in [-0.05, 0) is 51.0 Å². The van der Waals surface area contributed by atoms with Crippen LogP contribution in [0.1, 0.15) is 63.3 Å². The zero-order chi connectivity index (χ0) is 26.5. The fraction of sp³-hybridized carbons (Fsp3) is 0.385. The Labute approximate surface area is 221 Å². The highest BCUT2D eigenvalue weighted by Crippen LogP contribution is 2.32. The third kappa shape index (κ3) is 6.40. The van der Waals surface area contributed by atoms with Crippen molar-refractivity contribution in [1.82, 2.24) is 9.66 Å². The van der Waals surface area contributed by atoms with Gasteiger partial charge in [0.1, 0.15) is 11.6 Å². The summed E-state index contributed by atoms with van der Waals surface area (Å²) in [6, 6.07) is 9.28. The lowest BCUT2D eigenvalue weighted by Gasteiger charge is -2.22. The molecule has 0 atom stereocenters. The van der Waals surface area contributed by atoms with Gasteiger partial charge in [-0.2, -0.15) is 9.78 Å². The largest absolute Gasteiger partial charge is 0.481 e. The lowest BCUT2D eigenvalue weighted by atomic mass is 9.88. The maximum Gasteiger partial charge on any atom is 0.344 e. The molecule has 0 amide bonds. The molecule has 10 nitrogen and oxygen atoms in total. The third-order valence-corrected chi connectivity index (χ3v) is 6.53. The summed E-state index contributed by atoms with van der Waals surface area (Å²) in [7, 11) is 0. The van der Waals surface area contributed by atoms with E-state index in [2.05, 4.69) is 21.0 Å². The van der Waals surface area contributed by atoms with E-state index in [4.69, 9.17) is 14.5 Å². The second kappa shape index (κ2) is 11.6. The van der Waals surface area contributed by atoms with E-state index in [9.17, 15) is 19.7 Å². The molecular formula is C26H27BrN4O6. The van der Waals surface area contributed by atoms with Gasteiger partial charge in [0.25, 0.3) is 11.2 Å². The van der Waals surface area contributed by atoms with Crippen molar-refractivity contribution in [3.05, 3.63) is 72.7 Å². The first-order chi connectivity index (χ1) is 17.7. The van der Waals surface area contributed by atoms with Crippen LogP contribution in [0, 0.1) is 10.1 Å². The van der Waals surface area contributed by atoms with Gasteiger partial charge < -0.3 is 9.47 Å². The quantitative estimate of drug-likeness (QED) is 0.155. The minimum Gasteiger partial charge on any atom is -0.481 e. The number of non-ortho nitro benzene ring substituents is 1. The summed E-state index contributed by atoms with van der Waals surface area (Å²) < 4.78 is 12.7. The van der Waals surface area contributed by atoms with Crippen LogP contribution < -0.4 is 10.3 Å². The predicted octanol–water partition coefficient (Wildman–Crippen LogP) is 5.33. The second-order valence-electron chi connectivity index (χ2n) is 9.13. The molecule has 0 radical (unpaired) electrons. The molecule has 3 aromatic rings. The van der Waals surface area contributed by atoms with Gasteiger partial charge >= 0.3 is 5.97 Å². The van der Waals surface area contributed by atoms with Crippen molar-refractivity contribution in [2.45, 2.75) is 58.0 Å². The van der Waals surface area contributed by atoms with Gasteiger partial charge in [-0.15, -0.1) is 0 Å². The van der Waals surface area contributed by atoms with Gasteiger partial charge in [0.05, 0.1) is 28.1 Å². The summed E-state index contributed by atoms with van der Waals surface area (Å²) >= 11 is 3.40. The van der Waals surface area contributed by atoms with E-state index in [0.29, 0.717) is 16.7 Å². The van der Waals surface area contributed by atoms with Gasteiger partial charge in [-0.25, -0.2) is 9.78 Å². The molecule has 4 rings (SSSR count). The molecule has 0 bridgehead atoms. The monoisotopic (exact) mass is 570 g/mol. The lowest BCUT2D eigenvalue weighted by Crippen LogP contribution is -2.25. The molecule has 1 aromatic heterocycles. The van der Waals surface area contributed by atoms with Crippen LogP contribution in [0.4, 0.5) is 5.69 Å². The summed E-state index contributed by atoms with van der Waals surface area (Å²) in [5.74, 6) is 0.248. The summed E-state index contributed by atoms with van der Waals surface area (Å²) in [4.78, 5) is 41.1. The predicted molar refractivity (Wildman–Crippen MR) is 142 cm³/mol. The highest BCUT2D eigenvalue weighted by Gasteiger charge is 2.23. The van der Waals surface area contributed by atoms with E-state index in [-0.39, 0.29) is 41.2 Å². The molecule has 2 aromatic carbocycles. The number of halogens is 1. The molecule has 0 unspecified atom stereocenters. The zero-order valence-corrected chi connectivity index (χ0v) is 22.1. The Balaban J connectivity index is 1.77. The van der Waals surface area contributed by atoms with E-state index in [1.807, 2.05) is 6.07 Å². The number of carbonyl (C=O) groups is 1. The summed E-state index contributed by atoms with van der Waals surface area (Å²) in [5.41, 5.74) is 0.307. The lowest BCUT2D eigenvalue weighted by molar-refractivity contribution is -0.384. The van der Waals surface area contributed by atoms with Crippen LogP contribution in [0.5, 0.6) is 5.75 Å². The van der Waals surface area contributed by atoms with Crippen molar-refractivity contribution in [2.75, 3.05) is 6.61 Å². The number of hydrogen-bond donors (Lipinski definition) is 0. The summed E-state index contributed by atoms with van der Waals surface area (Å²) in [5, 5.41) is 16.2. The normalized spacial score (nSPS) is 14.4. The molecular weight excluding hydrogens is 544 g/mol. The Morgan fingerprint density at radius 2 is 2.00 bits per heavy atom. The van der Waals surface area contributed by atoms with Crippen LogP contribution in [0.2, 0.25) is 0 Å². The molecule has 11 heteroatoms. The van der Waals surface area contributed by atoms with E-state index < -0.39 is 10.9 Å².